The summed E-state index contributed by atoms with van der Waals surface area (Å²) >= 11 is 1.72. The molecule has 3 aromatic rings. The minimum Gasteiger partial charge on any atom is -0.443 e. The van der Waals surface area contributed by atoms with Crippen LogP contribution in [-0.2, 0) is 6.42 Å². The summed E-state index contributed by atoms with van der Waals surface area (Å²) in [5.41, 5.74) is 2.84. The number of benzene rings is 1. The van der Waals surface area contributed by atoms with Crippen LogP contribution in [-0.4, -0.2) is 23.6 Å². The third-order valence-corrected chi connectivity index (χ3v) is 3.86. The van der Waals surface area contributed by atoms with E-state index in [9.17, 15) is 0 Å². The fraction of sp³-hybridized carbons (Fsp3) is 0.231. The van der Waals surface area contributed by atoms with Crippen molar-refractivity contribution in [2.45, 2.75) is 6.42 Å². The van der Waals surface area contributed by atoms with E-state index in [1.807, 2.05) is 25.4 Å². The molecule has 0 aliphatic heterocycles. The van der Waals surface area contributed by atoms with Gasteiger partial charge in [-0.15, -0.1) is 11.3 Å². The molecule has 2 aromatic heterocycles. The smallest absolute Gasteiger partial charge is 0.181 e. The van der Waals surface area contributed by atoms with Crippen LogP contribution >= 0.6 is 11.3 Å². The van der Waals surface area contributed by atoms with E-state index >= 15 is 0 Å². The van der Waals surface area contributed by atoms with Crippen molar-refractivity contribution in [1.29, 1.82) is 0 Å². The van der Waals surface area contributed by atoms with Crippen LogP contribution in [0, 0.1) is 0 Å². The van der Waals surface area contributed by atoms with E-state index in [2.05, 4.69) is 21.4 Å². The molecule has 0 fully saturated rings. The molecule has 18 heavy (non-hydrogen) atoms. The molecule has 0 bridgehead atoms. The predicted molar refractivity (Wildman–Crippen MR) is 72.7 cm³/mol. The number of fused-ring (bicyclic) bond motifs is 1. The third kappa shape index (κ3) is 2.14. The van der Waals surface area contributed by atoms with Gasteiger partial charge < -0.3 is 9.73 Å². The lowest BCUT2D eigenvalue weighted by molar-refractivity contribution is 0.602. The quantitative estimate of drug-likeness (QED) is 0.782. The number of nitrogens with zero attached hydrogens (tertiary/aromatic N) is 2. The molecular formula is C13H13N3OS. The van der Waals surface area contributed by atoms with Gasteiger partial charge in [0.05, 0.1) is 9.88 Å². The molecule has 0 saturated heterocycles. The van der Waals surface area contributed by atoms with Gasteiger partial charge in [-0.25, -0.2) is 9.97 Å². The van der Waals surface area contributed by atoms with Crippen LogP contribution in [0.3, 0.4) is 0 Å². The minimum absolute atomic E-state index is 0.817. The molecule has 0 atom stereocenters. The molecule has 0 saturated carbocycles. The van der Waals surface area contributed by atoms with E-state index in [4.69, 9.17) is 4.42 Å². The number of aromatic nitrogens is 2. The maximum atomic E-state index is 5.31. The summed E-state index contributed by atoms with van der Waals surface area (Å²) in [4.78, 5) is 9.71. The van der Waals surface area contributed by atoms with Crippen molar-refractivity contribution in [2.75, 3.05) is 13.6 Å². The Kier molecular flexibility index (Phi) is 3.08. The van der Waals surface area contributed by atoms with Gasteiger partial charge in [-0.3, -0.25) is 0 Å². The first-order valence-electron chi connectivity index (χ1n) is 5.80. The van der Waals surface area contributed by atoms with Crippen LogP contribution in [0.4, 0.5) is 0 Å². The van der Waals surface area contributed by atoms with Gasteiger partial charge in [0, 0.05) is 19.2 Å². The number of nitrogens with one attached hydrogen (secondary N) is 1. The Morgan fingerprint density at radius 1 is 1.33 bits per heavy atom. The second kappa shape index (κ2) is 4.88. The highest BCUT2D eigenvalue weighted by Gasteiger charge is 2.06. The summed E-state index contributed by atoms with van der Waals surface area (Å²) in [5.74, 6) is 0. The van der Waals surface area contributed by atoms with Crippen molar-refractivity contribution in [2.24, 2.45) is 0 Å². The molecule has 0 spiro atoms. The average molecular weight is 259 g/mol. The van der Waals surface area contributed by atoms with Gasteiger partial charge in [0.1, 0.15) is 5.52 Å². The summed E-state index contributed by atoms with van der Waals surface area (Å²) in [6.07, 6.45) is 4.36. The summed E-state index contributed by atoms with van der Waals surface area (Å²) < 4.78 is 5.31. The van der Waals surface area contributed by atoms with Gasteiger partial charge in [0.2, 0.25) is 0 Å². The Hall–Kier alpha value is -1.72. The van der Waals surface area contributed by atoms with Crippen molar-refractivity contribution in [3.8, 4) is 10.4 Å². The van der Waals surface area contributed by atoms with E-state index in [0.29, 0.717) is 0 Å². The molecule has 1 N–H and O–H groups in total. The van der Waals surface area contributed by atoms with Crippen molar-refractivity contribution in [3.05, 3.63) is 35.8 Å². The van der Waals surface area contributed by atoms with Crippen LogP contribution in [0.25, 0.3) is 21.5 Å². The van der Waals surface area contributed by atoms with Gasteiger partial charge in [0.25, 0.3) is 0 Å². The highest BCUT2D eigenvalue weighted by molar-refractivity contribution is 7.15. The van der Waals surface area contributed by atoms with Crippen molar-refractivity contribution >= 4 is 22.4 Å². The second-order valence-corrected chi connectivity index (χ2v) is 5.12. The van der Waals surface area contributed by atoms with Gasteiger partial charge in [-0.05, 0) is 24.7 Å². The monoisotopic (exact) mass is 259 g/mol. The van der Waals surface area contributed by atoms with Crippen LogP contribution in [0.1, 0.15) is 5.01 Å². The molecule has 0 aliphatic rings. The first-order chi connectivity index (χ1) is 8.86. The van der Waals surface area contributed by atoms with Gasteiger partial charge in [-0.2, -0.15) is 0 Å². The highest BCUT2D eigenvalue weighted by Crippen LogP contribution is 2.28. The molecule has 4 nitrogen and oxygen atoms in total. The largest absolute Gasteiger partial charge is 0.443 e. The molecule has 0 radical (unpaired) electrons. The maximum absolute atomic E-state index is 5.31. The molecule has 0 unspecified atom stereocenters. The third-order valence-electron chi connectivity index (χ3n) is 2.76. The predicted octanol–water partition coefficient (Wildman–Crippen LogP) is 2.71. The van der Waals surface area contributed by atoms with Crippen LogP contribution < -0.4 is 5.32 Å². The molecular weight excluding hydrogens is 246 g/mol. The molecule has 2 heterocycles. The fourth-order valence-corrected chi connectivity index (χ4v) is 2.71. The van der Waals surface area contributed by atoms with Crippen molar-refractivity contribution < 1.29 is 4.42 Å². The summed E-state index contributed by atoms with van der Waals surface area (Å²) in [6, 6.07) is 6.04. The second-order valence-electron chi connectivity index (χ2n) is 4.01. The molecule has 92 valence electrons. The number of thiazole rings is 1. The zero-order valence-corrected chi connectivity index (χ0v) is 10.8. The first kappa shape index (κ1) is 11.4. The summed E-state index contributed by atoms with van der Waals surface area (Å²) in [5, 5.41) is 4.28. The van der Waals surface area contributed by atoms with E-state index in [1.165, 1.54) is 11.3 Å². The first-order valence-corrected chi connectivity index (χ1v) is 6.61. The lowest BCUT2D eigenvalue weighted by Crippen LogP contribution is -2.09. The Morgan fingerprint density at radius 2 is 2.28 bits per heavy atom. The minimum atomic E-state index is 0.817. The zero-order valence-electron chi connectivity index (χ0n) is 10.0. The van der Waals surface area contributed by atoms with Crippen LogP contribution in [0.5, 0.6) is 0 Å². The Bertz CT molecular complexity index is 659. The molecule has 0 aliphatic carbocycles. The highest BCUT2D eigenvalue weighted by atomic mass is 32.1. The molecule has 1 aromatic carbocycles. The number of rotatable bonds is 4. The Balaban J connectivity index is 1.90. The SMILES string of the molecule is CNCCc1ncc(-c2ccc3ncoc3c2)s1. The topological polar surface area (TPSA) is 51.0 Å². The normalized spacial score (nSPS) is 11.2. The standard InChI is InChI=1S/C13H13N3OS/c1-14-5-4-13-15-7-12(18-13)9-2-3-10-11(6-9)17-8-16-10/h2-3,6-8,14H,4-5H2,1H3. The molecule has 0 amide bonds. The number of hydrogen-bond acceptors (Lipinski definition) is 5. The van der Waals surface area contributed by atoms with E-state index in [-0.39, 0.29) is 0 Å². The zero-order chi connectivity index (χ0) is 12.4. The molecule has 5 heteroatoms. The van der Waals surface area contributed by atoms with E-state index in [0.717, 1.165) is 34.6 Å². The van der Waals surface area contributed by atoms with Gasteiger partial charge in [0.15, 0.2) is 12.0 Å². The number of oxazole rings is 1. The van der Waals surface area contributed by atoms with Crippen LogP contribution in [0.15, 0.2) is 35.2 Å². The van der Waals surface area contributed by atoms with Gasteiger partial charge in [-0.1, -0.05) is 6.07 Å². The Labute approximate surface area is 109 Å². The van der Waals surface area contributed by atoms with Crippen molar-refractivity contribution in [3.63, 3.8) is 0 Å². The maximum Gasteiger partial charge on any atom is 0.181 e. The average Bonchev–Trinajstić information content (AvgIpc) is 3.04. The Morgan fingerprint density at radius 3 is 3.17 bits per heavy atom. The summed E-state index contributed by atoms with van der Waals surface area (Å²) in [7, 11) is 1.95. The van der Waals surface area contributed by atoms with E-state index < -0.39 is 0 Å². The molecule has 3 rings (SSSR count). The number of likely N-dealkylation sites (N-methyl/N-ethyl adjacent to an activating group) is 1. The fourth-order valence-electron chi connectivity index (χ4n) is 1.80. The summed E-state index contributed by atoms with van der Waals surface area (Å²) in [6.45, 7) is 0.952. The number of hydrogen-bond donors (Lipinski definition) is 1. The van der Waals surface area contributed by atoms with E-state index in [1.54, 1.807) is 11.3 Å². The van der Waals surface area contributed by atoms with Crippen molar-refractivity contribution in [1.82, 2.24) is 15.3 Å². The lowest BCUT2D eigenvalue weighted by atomic mass is 10.2. The van der Waals surface area contributed by atoms with Gasteiger partial charge >= 0.3 is 0 Å². The lowest BCUT2D eigenvalue weighted by Gasteiger charge is -1.96. The van der Waals surface area contributed by atoms with Crippen LogP contribution in [0.2, 0.25) is 0 Å².